The van der Waals surface area contributed by atoms with Crippen molar-refractivity contribution in [3.05, 3.63) is 0 Å². The van der Waals surface area contributed by atoms with E-state index >= 15 is 0 Å². The Labute approximate surface area is 517 Å². The van der Waals surface area contributed by atoms with E-state index in [1.807, 2.05) is 0 Å². The third kappa shape index (κ3) is 60.7. The standard InChI is InChI=1S/C66H128O17P2/c1-7-9-11-13-15-16-17-18-26-32-38-44-50-65(70)82-61(54-76-63(68)48-42-36-28-14-12-10-8-2)56-80-84(72,73)78-52-60(67)53-79-85(74,75)81-57-62(83-66(71)51-45-39-33-27-22-20-24-30-35-41-47-59(5)6)55-77-64(69)49-43-37-31-25-21-19-23-29-34-40-46-58(3)4/h58-62,67H,7-57H2,1-6H3,(H,72,73)(H,74,75)/t60-,61+,62+/m0/s1. The Balaban J connectivity index is 5.22. The van der Waals surface area contributed by atoms with Gasteiger partial charge in [-0.1, -0.05) is 279 Å². The summed E-state index contributed by atoms with van der Waals surface area (Å²) < 4.78 is 68.0. The summed E-state index contributed by atoms with van der Waals surface area (Å²) in [6.45, 7) is 9.46. The van der Waals surface area contributed by atoms with E-state index < -0.39 is 97.5 Å². The van der Waals surface area contributed by atoms with Gasteiger partial charge in [0.1, 0.15) is 19.3 Å². The molecule has 0 aliphatic carbocycles. The number of phosphoric acid groups is 2. The van der Waals surface area contributed by atoms with Gasteiger partial charge >= 0.3 is 39.5 Å². The van der Waals surface area contributed by atoms with Crippen LogP contribution in [0.3, 0.4) is 0 Å². The Bertz CT molecular complexity index is 1670. The largest absolute Gasteiger partial charge is 0.472 e. The minimum absolute atomic E-state index is 0.106. The van der Waals surface area contributed by atoms with Gasteiger partial charge in [-0.2, -0.15) is 0 Å². The molecule has 0 radical (unpaired) electrons. The van der Waals surface area contributed by atoms with Crippen molar-refractivity contribution in [3.63, 3.8) is 0 Å². The first-order valence-corrected chi connectivity index (χ1v) is 37.5. The number of hydrogen-bond acceptors (Lipinski definition) is 15. The summed E-state index contributed by atoms with van der Waals surface area (Å²) in [6, 6.07) is 0. The van der Waals surface area contributed by atoms with Gasteiger partial charge in [-0.15, -0.1) is 0 Å². The van der Waals surface area contributed by atoms with E-state index in [0.29, 0.717) is 25.7 Å². The molecule has 0 aliphatic heterocycles. The maximum atomic E-state index is 13.0. The highest BCUT2D eigenvalue weighted by atomic mass is 31.2. The first-order chi connectivity index (χ1) is 40.9. The summed E-state index contributed by atoms with van der Waals surface area (Å²) in [5.41, 5.74) is 0. The molecule has 0 rings (SSSR count). The molecule has 0 heterocycles. The van der Waals surface area contributed by atoms with Crippen LogP contribution in [0, 0.1) is 11.8 Å². The van der Waals surface area contributed by atoms with E-state index in [9.17, 15) is 43.2 Å². The fourth-order valence-corrected chi connectivity index (χ4v) is 11.5. The van der Waals surface area contributed by atoms with Gasteiger partial charge in [-0.25, -0.2) is 9.13 Å². The molecular weight excluding hydrogens is 1130 g/mol. The number of unbranched alkanes of at least 4 members (excludes halogenated alkanes) is 35. The topological polar surface area (TPSA) is 237 Å². The Morgan fingerprint density at radius 3 is 0.800 bits per heavy atom. The number of aliphatic hydroxyl groups is 1. The molecule has 17 nitrogen and oxygen atoms in total. The van der Waals surface area contributed by atoms with Crippen molar-refractivity contribution >= 4 is 39.5 Å². The van der Waals surface area contributed by atoms with E-state index in [2.05, 4.69) is 41.5 Å². The number of phosphoric ester groups is 2. The Morgan fingerprint density at radius 1 is 0.318 bits per heavy atom. The molecule has 0 fully saturated rings. The molecule has 3 N–H and O–H groups in total. The van der Waals surface area contributed by atoms with Crippen LogP contribution in [0.2, 0.25) is 0 Å². The minimum atomic E-state index is -4.95. The predicted octanol–water partition coefficient (Wildman–Crippen LogP) is 18.4. The molecule has 0 saturated heterocycles. The van der Waals surface area contributed by atoms with Gasteiger partial charge in [0, 0.05) is 25.7 Å². The van der Waals surface area contributed by atoms with Gasteiger partial charge in [-0.3, -0.25) is 37.3 Å². The van der Waals surface area contributed by atoms with Gasteiger partial charge in [0.05, 0.1) is 26.4 Å². The number of aliphatic hydroxyl groups excluding tert-OH is 1. The molecule has 0 spiro atoms. The van der Waals surface area contributed by atoms with Crippen LogP contribution < -0.4 is 0 Å². The SMILES string of the molecule is CCCCCCCCCCCCCCC(=O)O[C@H](COC(=O)CCCCCCCCC)COP(=O)(O)OC[C@H](O)COP(=O)(O)OC[C@@H](COC(=O)CCCCCCCCCCCCC(C)C)OC(=O)CCCCCCCCCCCCC(C)C. The van der Waals surface area contributed by atoms with Crippen molar-refractivity contribution in [2.75, 3.05) is 39.6 Å². The van der Waals surface area contributed by atoms with Gasteiger partial charge < -0.3 is 33.8 Å². The highest BCUT2D eigenvalue weighted by Crippen LogP contribution is 2.45. The second-order valence-corrected chi connectivity index (χ2v) is 27.7. The lowest BCUT2D eigenvalue weighted by atomic mass is 10.0. The van der Waals surface area contributed by atoms with Crippen molar-refractivity contribution in [2.24, 2.45) is 11.8 Å². The number of carbonyl (C=O) groups is 4. The number of carbonyl (C=O) groups excluding carboxylic acids is 4. The monoisotopic (exact) mass is 1250 g/mol. The zero-order valence-corrected chi connectivity index (χ0v) is 56.7. The molecule has 2 unspecified atom stereocenters. The fourth-order valence-electron chi connectivity index (χ4n) is 9.88. The lowest BCUT2D eigenvalue weighted by Crippen LogP contribution is -2.30. The molecule has 85 heavy (non-hydrogen) atoms. The summed E-state index contributed by atoms with van der Waals surface area (Å²) in [7, 11) is -9.89. The highest BCUT2D eigenvalue weighted by Gasteiger charge is 2.30. The van der Waals surface area contributed by atoms with Crippen molar-refractivity contribution in [1.82, 2.24) is 0 Å². The minimum Gasteiger partial charge on any atom is -0.462 e. The molecule has 0 saturated carbocycles. The zero-order valence-electron chi connectivity index (χ0n) is 54.9. The quantitative estimate of drug-likeness (QED) is 0.0222. The molecule has 0 aliphatic rings. The van der Waals surface area contributed by atoms with Gasteiger partial charge in [0.15, 0.2) is 12.2 Å². The average Bonchev–Trinajstić information content (AvgIpc) is 3.55. The number of esters is 4. The average molecular weight is 1260 g/mol. The van der Waals surface area contributed by atoms with Gasteiger partial charge in [0.2, 0.25) is 0 Å². The van der Waals surface area contributed by atoms with Crippen LogP contribution in [0.5, 0.6) is 0 Å². The molecule has 19 heteroatoms. The van der Waals surface area contributed by atoms with Gasteiger partial charge in [-0.05, 0) is 37.5 Å². The summed E-state index contributed by atoms with van der Waals surface area (Å²) in [6.07, 6.45) is 41.7. The van der Waals surface area contributed by atoms with Crippen molar-refractivity contribution < 1.29 is 80.2 Å². The van der Waals surface area contributed by atoms with E-state index in [0.717, 1.165) is 115 Å². The van der Waals surface area contributed by atoms with Crippen LogP contribution >= 0.6 is 15.6 Å². The molecule has 504 valence electrons. The van der Waals surface area contributed by atoms with E-state index in [1.165, 1.54) is 135 Å². The second-order valence-electron chi connectivity index (χ2n) is 24.8. The first-order valence-electron chi connectivity index (χ1n) is 34.5. The van der Waals surface area contributed by atoms with Crippen LogP contribution in [0.25, 0.3) is 0 Å². The summed E-state index contributed by atoms with van der Waals surface area (Å²) in [4.78, 5) is 72.2. The zero-order chi connectivity index (χ0) is 62.9. The maximum Gasteiger partial charge on any atom is 0.472 e. The van der Waals surface area contributed by atoms with E-state index in [-0.39, 0.29) is 25.7 Å². The van der Waals surface area contributed by atoms with Crippen LogP contribution in [0.4, 0.5) is 0 Å². The molecule has 0 aromatic rings. The summed E-state index contributed by atoms with van der Waals surface area (Å²) in [5, 5.41) is 10.5. The third-order valence-corrected chi connectivity index (χ3v) is 17.1. The number of ether oxygens (including phenoxy) is 4. The van der Waals surface area contributed by atoms with E-state index in [4.69, 9.17) is 37.0 Å². The molecule has 0 aromatic heterocycles. The predicted molar refractivity (Wildman–Crippen MR) is 340 cm³/mol. The smallest absolute Gasteiger partial charge is 0.462 e. The highest BCUT2D eigenvalue weighted by molar-refractivity contribution is 7.47. The van der Waals surface area contributed by atoms with Crippen LogP contribution in [-0.4, -0.2) is 96.7 Å². The fraction of sp³-hybridized carbons (Fsp3) is 0.939. The number of hydrogen-bond donors (Lipinski definition) is 3. The molecular formula is C66H128O17P2. The van der Waals surface area contributed by atoms with Gasteiger partial charge in [0.25, 0.3) is 0 Å². The molecule has 0 aromatic carbocycles. The molecule has 0 bridgehead atoms. The van der Waals surface area contributed by atoms with E-state index in [1.54, 1.807) is 0 Å². The van der Waals surface area contributed by atoms with Crippen molar-refractivity contribution in [3.8, 4) is 0 Å². The Kier molecular flexibility index (Phi) is 57.1. The lowest BCUT2D eigenvalue weighted by molar-refractivity contribution is -0.161. The van der Waals surface area contributed by atoms with Crippen molar-refractivity contribution in [2.45, 2.75) is 349 Å². The maximum absolute atomic E-state index is 13.0. The van der Waals surface area contributed by atoms with Crippen LogP contribution in [-0.2, 0) is 65.4 Å². The van der Waals surface area contributed by atoms with Crippen LogP contribution in [0.1, 0.15) is 330 Å². The third-order valence-electron chi connectivity index (χ3n) is 15.2. The Morgan fingerprint density at radius 2 is 0.541 bits per heavy atom. The van der Waals surface area contributed by atoms with Crippen LogP contribution in [0.15, 0.2) is 0 Å². The summed E-state index contributed by atoms with van der Waals surface area (Å²) >= 11 is 0. The summed E-state index contributed by atoms with van der Waals surface area (Å²) in [5.74, 6) is -0.623. The molecule has 0 amide bonds. The first kappa shape index (κ1) is 83.1. The molecule has 5 atom stereocenters. The normalized spacial score (nSPS) is 14.2. The number of rotatable bonds is 65. The second kappa shape index (κ2) is 58.4. The van der Waals surface area contributed by atoms with Crippen molar-refractivity contribution in [1.29, 1.82) is 0 Å². The Hall–Kier alpha value is -1.94. The lowest BCUT2D eigenvalue weighted by Gasteiger charge is -2.21.